The van der Waals surface area contributed by atoms with E-state index in [1.165, 1.54) is 22.2 Å². The second-order valence-corrected chi connectivity index (χ2v) is 20.4. The van der Waals surface area contributed by atoms with Crippen molar-refractivity contribution in [2.24, 2.45) is 5.92 Å². The Balaban J connectivity index is 1.46. The highest BCUT2D eigenvalue weighted by atomic mass is 79.9. The molecule has 15 heteroatoms. The second kappa shape index (κ2) is 11.9. The van der Waals surface area contributed by atoms with Gasteiger partial charge in [0.15, 0.2) is 11.6 Å². The van der Waals surface area contributed by atoms with Gasteiger partial charge in [-0.3, -0.25) is 4.90 Å². The number of carboxylic acid groups (broad SMARTS) is 1. The van der Waals surface area contributed by atoms with Gasteiger partial charge in [-0.15, -0.1) is 0 Å². The van der Waals surface area contributed by atoms with Crippen molar-refractivity contribution in [1.29, 1.82) is 5.26 Å². The summed E-state index contributed by atoms with van der Waals surface area (Å²) in [5, 5.41) is 24.9. The minimum atomic E-state index is -1.42. The van der Waals surface area contributed by atoms with Crippen molar-refractivity contribution in [1.82, 2.24) is 34.1 Å². The highest BCUT2D eigenvalue weighted by Gasteiger charge is 2.56. The van der Waals surface area contributed by atoms with Gasteiger partial charge < -0.3 is 19.3 Å². The van der Waals surface area contributed by atoms with E-state index in [2.05, 4.69) is 56.3 Å². The van der Waals surface area contributed by atoms with E-state index in [0.29, 0.717) is 60.2 Å². The van der Waals surface area contributed by atoms with E-state index in [4.69, 9.17) is 9.72 Å². The number of nitriles is 1. The van der Waals surface area contributed by atoms with Gasteiger partial charge in [-0.05, 0) is 65.4 Å². The number of hydrogen-bond donors (Lipinski definition) is 1. The quantitative estimate of drug-likeness (QED) is 0.199. The molecule has 2 amide bonds. The Bertz CT molecular complexity index is 1940. The molecule has 8 rings (SSSR count). The molecule has 3 aromatic heterocycles. The third-order valence-electron chi connectivity index (χ3n) is 9.88. The zero-order chi connectivity index (χ0) is 33.2. The van der Waals surface area contributed by atoms with Crippen LogP contribution in [-0.2, 0) is 11.2 Å². The average Bonchev–Trinajstić information content (AvgIpc) is 3.84. The standard InChI is InChI=1S/C32H36BrFN8O4Si/c1-47(2,3)11-10-46-32(45)39-9-5-7-22(39)23-14-21-29(42(23)28-19-13-24(28)40(15-19)31(43)44)20-12-18(6-4-8-35)25(33)26(34)27(20)38-30(21)41-17-36-16-37-41/h12,14,16-17,19,22,24,28H,4-7,9-11,13,15H2,1-3H3,(H,43,44)/t19-,22?,24-,28+/m1/s1. The van der Waals surface area contributed by atoms with E-state index < -0.39 is 20.0 Å². The Kier molecular flexibility index (Phi) is 7.98. The van der Waals surface area contributed by atoms with Gasteiger partial charge in [0.25, 0.3) is 0 Å². The van der Waals surface area contributed by atoms with Gasteiger partial charge in [0.05, 0.1) is 40.8 Å². The third-order valence-corrected chi connectivity index (χ3v) is 12.4. The number of aryl methyl sites for hydroxylation is 1. The first-order valence-corrected chi connectivity index (χ1v) is 20.5. The lowest BCUT2D eigenvalue weighted by molar-refractivity contribution is 0.0985. The number of halogens is 2. The molecule has 1 saturated carbocycles. The maximum absolute atomic E-state index is 16.3. The van der Waals surface area contributed by atoms with Gasteiger partial charge in [-0.25, -0.2) is 28.6 Å². The molecule has 47 heavy (non-hydrogen) atoms. The van der Waals surface area contributed by atoms with Crippen LogP contribution in [0.3, 0.4) is 0 Å². The molecule has 0 spiro atoms. The minimum absolute atomic E-state index is 0.0559. The van der Waals surface area contributed by atoms with Crippen LogP contribution in [0, 0.1) is 23.1 Å². The smallest absolute Gasteiger partial charge is 0.410 e. The van der Waals surface area contributed by atoms with Gasteiger partial charge in [0, 0.05) is 50.0 Å². The first kappa shape index (κ1) is 31.6. The summed E-state index contributed by atoms with van der Waals surface area (Å²) < 4.78 is 26.0. The number of carbonyl (C=O) groups excluding carboxylic acids is 1. The maximum Gasteiger partial charge on any atom is 0.410 e. The van der Waals surface area contributed by atoms with Crippen LogP contribution in [0.25, 0.3) is 27.6 Å². The normalized spacial score (nSPS) is 22.2. The van der Waals surface area contributed by atoms with Crippen molar-refractivity contribution >= 4 is 58.0 Å². The van der Waals surface area contributed by atoms with Gasteiger partial charge in [0.1, 0.15) is 18.2 Å². The van der Waals surface area contributed by atoms with Gasteiger partial charge >= 0.3 is 12.2 Å². The molecular formula is C32H36BrFN8O4Si. The third kappa shape index (κ3) is 5.35. The fourth-order valence-corrected chi connectivity index (χ4v) is 8.79. The number of likely N-dealkylation sites (tertiary alicyclic amines) is 1. The van der Waals surface area contributed by atoms with Gasteiger partial charge in [0.2, 0.25) is 0 Å². The van der Waals surface area contributed by atoms with Gasteiger partial charge in [-0.1, -0.05) is 19.6 Å². The van der Waals surface area contributed by atoms with E-state index >= 15 is 4.39 Å². The molecule has 1 N–H and O–H groups in total. The number of aromatic nitrogens is 5. The Labute approximate surface area is 280 Å². The molecule has 4 aliphatic rings. The van der Waals surface area contributed by atoms with Crippen LogP contribution in [0.5, 0.6) is 0 Å². The highest BCUT2D eigenvalue weighted by molar-refractivity contribution is 9.10. The largest absolute Gasteiger partial charge is 0.465 e. The number of ether oxygens (including phenoxy) is 1. The molecule has 1 unspecified atom stereocenters. The first-order valence-electron chi connectivity index (χ1n) is 16.0. The molecule has 246 valence electrons. The number of benzene rings is 1. The van der Waals surface area contributed by atoms with E-state index in [-0.39, 0.29) is 46.5 Å². The molecule has 4 aromatic rings. The molecule has 12 nitrogen and oxygen atoms in total. The zero-order valence-corrected chi connectivity index (χ0v) is 29.1. The van der Waals surface area contributed by atoms with Crippen molar-refractivity contribution < 1.29 is 23.8 Å². The van der Waals surface area contributed by atoms with Crippen LogP contribution in [0.1, 0.15) is 49.0 Å². The summed E-state index contributed by atoms with van der Waals surface area (Å²) in [6.45, 7) is 8.02. The maximum atomic E-state index is 16.3. The van der Waals surface area contributed by atoms with Crippen LogP contribution in [-0.4, -0.2) is 85.2 Å². The number of amides is 2. The van der Waals surface area contributed by atoms with Crippen LogP contribution in [0.4, 0.5) is 14.0 Å². The van der Waals surface area contributed by atoms with Crippen molar-refractivity contribution in [2.75, 3.05) is 19.7 Å². The van der Waals surface area contributed by atoms with Crippen LogP contribution in [0.2, 0.25) is 25.7 Å². The molecule has 0 radical (unpaired) electrons. The summed E-state index contributed by atoms with van der Waals surface area (Å²) in [7, 11) is -1.42. The molecule has 3 aliphatic heterocycles. The number of rotatable bonds is 8. The summed E-state index contributed by atoms with van der Waals surface area (Å²) >= 11 is 3.42. The van der Waals surface area contributed by atoms with Crippen LogP contribution >= 0.6 is 15.9 Å². The lowest BCUT2D eigenvalue weighted by atomic mass is 9.79. The summed E-state index contributed by atoms with van der Waals surface area (Å²) in [5.41, 5.74) is 2.30. The molecule has 6 heterocycles. The van der Waals surface area contributed by atoms with Crippen molar-refractivity contribution in [3.63, 3.8) is 0 Å². The Morgan fingerprint density at radius 1 is 1.23 bits per heavy atom. The number of pyridine rings is 1. The zero-order valence-electron chi connectivity index (χ0n) is 26.5. The summed E-state index contributed by atoms with van der Waals surface area (Å²) in [5.74, 6) is -0.116. The SMILES string of the molecule is C[Si](C)(C)CCOC(=O)N1CCCC1c1cc2c(-n3cncn3)nc3c(F)c(Br)c(CCC#N)cc3c2n1[C@H]1[C@@H]2C[C@H]1N(C(=O)O)C2. The van der Waals surface area contributed by atoms with Crippen molar-refractivity contribution in [2.45, 2.75) is 75.9 Å². The van der Waals surface area contributed by atoms with E-state index in [1.54, 1.807) is 4.90 Å². The van der Waals surface area contributed by atoms with Crippen molar-refractivity contribution in [3.8, 4) is 11.9 Å². The summed E-state index contributed by atoms with van der Waals surface area (Å²) in [6, 6.07) is 6.09. The molecular weight excluding hydrogens is 687 g/mol. The average molecular weight is 724 g/mol. The Morgan fingerprint density at radius 2 is 2.04 bits per heavy atom. The van der Waals surface area contributed by atoms with Crippen LogP contribution < -0.4 is 0 Å². The Hall–Kier alpha value is -4.03. The predicted molar refractivity (Wildman–Crippen MR) is 178 cm³/mol. The lowest BCUT2D eigenvalue weighted by Crippen LogP contribution is -2.43. The number of fused-ring (bicyclic) bond motifs is 4. The number of nitrogens with zero attached hydrogens (tertiary/aromatic N) is 8. The van der Waals surface area contributed by atoms with Gasteiger partial charge in [-0.2, -0.15) is 10.4 Å². The number of hydrogen-bond acceptors (Lipinski definition) is 7. The van der Waals surface area contributed by atoms with E-state index in [0.717, 1.165) is 24.6 Å². The monoisotopic (exact) mass is 722 g/mol. The Morgan fingerprint density at radius 3 is 2.72 bits per heavy atom. The molecule has 4 atom stereocenters. The fraction of sp³-hybridized carbons (Fsp3) is 0.500. The number of carbonyl (C=O) groups is 2. The molecule has 3 saturated heterocycles. The first-order chi connectivity index (χ1) is 22.5. The molecule has 1 aromatic carbocycles. The topological polar surface area (TPSA) is 142 Å². The highest BCUT2D eigenvalue weighted by Crippen LogP contribution is 2.54. The molecule has 4 fully saturated rings. The fourth-order valence-electron chi connectivity index (χ4n) is 7.57. The summed E-state index contributed by atoms with van der Waals surface area (Å²) in [4.78, 5) is 38.0. The van der Waals surface area contributed by atoms with Crippen molar-refractivity contribution in [3.05, 3.63) is 46.3 Å². The van der Waals surface area contributed by atoms with E-state index in [1.807, 2.05) is 12.1 Å². The lowest BCUT2D eigenvalue weighted by Gasteiger charge is -2.40. The van der Waals surface area contributed by atoms with E-state index in [9.17, 15) is 20.0 Å². The molecule has 2 bridgehead atoms. The second-order valence-electron chi connectivity index (χ2n) is 14.0. The predicted octanol–water partition coefficient (Wildman–Crippen LogP) is 6.66. The van der Waals surface area contributed by atoms with Crippen LogP contribution in [0.15, 0.2) is 29.3 Å². The minimum Gasteiger partial charge on any atom is -0.465 e. The molecule has 1 aliphatic carbocycles. The summed E-state index contributed by atoms with van der Waals surface area (Å²) in [6.07, 6.45) is 4.33.